The number of pyridine rings is 1. The zero-order valence-electron chi connectivity index (χ0n) is 17.8. The predicted octanol–water partition coefficient (Wildman–Crippen LogP) is 6.42. The van der Waals surface area contributed by atoms with Crippen LogP contribution in [0, 0.1) is 13.8 Å². The van der Waals surface area contributed by atoms with Crippen LogP contribution in [0.1, 0.15) is 40.0 Å². The maximum Gasteiger partial charge on any atom is 0.265 e. The number of Topliss-reactive ketones (excluding diaryl/α,β-unsaturated/α-hetero) is 1. The molecule has 0 spiro atoms. The van der Waals surface area contributed by atoms with E-state index >= 15 is 0 Å². The van der Waals surface area contributed by atoms with Gasteiger partial charge in [-0.05, 0) is 56.5 Å². The minimum Gasteiger partial charge on any atom is -0.294 e. The Morgan fingerprint density at radius 3 is 2.50 bits per heavy atom. The number of rotatable bonds is 3. The van der Waals surface area contributed by atoms with Crippen LogP contribution in [-0.4, -0.2) is 15.3 Å². The van der Waals surface area contributed by atoms with Crippen molar-refractivity contribution in [2.24, 2.45) is 0 Å². The second kappa shape index (κ2) is 8.15. The highest BCUT2D eigenvalue weighted by molar-refractivity contribution is 7.13. The van der Waals surface area contributed by atoms with Gasteiger partial charge in [0.25, 0.3) is 5.56 Å². The molecule has 0 atom stereocenters. The summed E-state index contributed by atoms with van der Waals surface area (Å²) in [5.41, 5.74) is 6.43. The lowest BCUT2D eigenvalue weighted by atomic mass is 9.92. The number of thiazole rings is 1. The first-order valence-electron chi connectivity index (χ1n) is 10.5. The molecule has 4 nitrogen and oxygen atoms in total. The van der Waals surface area contributed by atoms with Crippen LogP contribution >= 0.6 is 22.9 Å². The van der Waals surface area contributed by atoms with Crippen LogP contribution in [0.5, 0.6) is 0 Å². The molecule has 0 bridgehead atoms. The first-order chi connectivity index (χ1) is 15.4. The molecule has 160 valence electrons. The minimum atomic E-state index is -0.137. The van der Waals surface area contributed by atoms with Crippen LogP contribution in [-0.2, 0) is 6.42 Å². The van der Waals surface area contributed by atoms with Gasteiger partial charge in [0, 0.05) is 33.6 Å². The van der Waals surface area contributed by atoms with E-state index in [1.165, 1.54) is 11.3 Å². The van der Waals surface area contributed by atoms with E-state index in [1.54, 1.807) is 10.6 Å². The first-order valence-corrected chi connectivity index (χ1v) is 11.8. The van der Waals surface area contributed by atoms with Crippen molar-refractivity contribution in [3.8, 4) is 27.5 Å². The summed E-state index contributed by atoms with van der Waals surface area (Å²) in [5.74, 6) is 0.0838. The number of nitrogens with zero attached hydrogens (tertiary/aromatic N) is 2. The third kappa shape index (κ3) is 3.61. The number of benzene rings is 2. The van der Waals surface area contributed by atoms with E-state index in [9.17, 15) is 9.59 Å². The van der Waals surface area contributed by atoms with Crippen molar-refractivity contribution in [3.63, 3.8) is 0 Å². The number of halogens is 1. The average Bonchev–Trinajstić information content (AvgIpc) is 3.25. The van der Waals surface area contributed by atoms with E-state index in [0.717, 1.165) is 40.2 Å². The number of ketones is 1. The van der Waals surface area contributed by atoms with Crippen molar-refractivity contribution in [2.75, 3.05) is 0 Å². The smallest absolute Gasteiger partial charge is 0.265 e. The Hall–Kier alpha value is -3.02. The van der Waals surface area contributed by atoms with Gasteiger partial charge in [0.2, 0.25) is 0 Å². The molecule has 0 fully saturated rings. The Labute approximate surface area is 195 Å². The zero-order chi connectivity index (χ0) is 22.4. The third-order valence-corrected chi connectivity index (χ3v) is 7.02. The molecule has 2 aromatic heterocycles. The molecular formula is C26H21ClN2O2S. The van der Waals surface area contributed by atoms with E-state index < -0.39 is 0 Å². The number of carbonyl (C=O) groups is 1. The Morgan fingerprint density at radius 1 is 0.969 bits per heavy atom. The molecule has 0 saturated heterocycles. The molecule has 0 N–H and O–H groups in total. The quantitative estimate of drug-likeness (QED) is 0.354. The predicted molar refractivity (Wildman–Crippen MR) is 130 cm³/mol. The highest BCUT2D eigenvalue weighted by Gasteiger charge is 2.26. The Bertz CT molecular complexity index is 1420. The van der Waals surface area contributed by atoms with Gasteiger partial charge in [0.05, 0.1) is 16.9 Å². The van der Waals surface area contributed by atoms with Crippen molar-refractivity contribution in [1.82, 2.24) is 9.55 Å². The standard InChI is InChI=1S/C26H21ClN2O2S/c1-15-6-11-22(16(2)12-15)29-23-4-3-5-24(30)19(23)13-20(26(29)31)25-28-21(14-32-25)17-7-9-18(27)10-8-17/h6-14H,3-5H2,1-2H3. The summed E-state index contributed by atoms with van der Waals surface area (Å²) in [6.07, 6.45) is 1.97. The van der Waals surface area contributed by atoms with Gasteiger partial charge in [-0.1, -0.05) is 41.4 Å². The van der Waals surface area contributed by atoms with Crippen LogP contribution in [0.3, 0.4) is 0 Å². The van der Waals surface area contributed by atoms with Crippen molar-refractivity contribution in [1.29, 1.82) is 0 Å². The summed E-state index contributed by atoms with van der Waals surface area (Å²) in [6.45, 7) is 4.03. The normalized spacial score (nSPS) is 13.3. The van der Waals surface area contributed by atoms with Gasteiger partial charge in [0.15, 0.2) is 5.78 Å². The fourth-order valence-corrected chi connectivity index (χ4v) is 5.27. The summed E-state index contributed by atoms with van der Waals surface area (Å²) in [7, 11) is 0. The van der Waals surface area contributed by atoms with E-state index in [1.807, 2.05) is 55.6 Å². The molecule has 0 unspecified atom stereocenters. The number of hydrogen-bond acceptors (Lipinski definition) is 4. The van der Waals surface area contributed by atoms with Crippen LogP contribution in [0.25, 0.3) is 27.5 Å². The molecule has 32 heavy (non-hydrogen) atoms. The molecule has 4 aromatic rings. The van der Waals surface area contributed by atoms with E-state index in [-0.39, 0.29) is 11.3 Å². The molecule has 1 aliphatic rings. The van der Waals surface area contributed by atoms with Crippen LogP contribution in [0.15, 0.2) is 58.7 Å². The fourth-order valence-electron chi connectivity index (χ4n) is 4.31. The Kier molecular flexibility index (Phi) is 5.31. The Morgan fingerprint density at radius 2 is 1.75 bits per heavy atom. The molecular weight excluding hydrogens is 440 g/mol. The van der Waals surface area contributed by atoms with E-state index in [4.69, 9.17) is 16.6 Å². The number of carbonyl (C=O) groups excluding carboxylic acids is 1. The summed E-state index contributed by atoms with van der Waals surface area (Å²) >= 11 is 7.42. The van der Waals surface area contributed by atoms with E-state index in [0.29, 0.717) is 34.0 Å². The SMILES string of the molecule is Cc1ccc(-n2c3c(cc(-c4nc(-c5ccc(Cl)cc5)cs4)c2=O)C(=O)CCC3)c(C)c1. The molecule has 0 radical (unpaired) electrons. The molecule has 1 aliphatic carbocycles. The maximum absolute atomic E-state index is 13.8. The number of aryl methyl sites for hydroxylation is 2. The monoisotopic (exact) mass is 460 g/mol. The largest absolute Gasteiger partial charge is 0.294 e. The minimum absolute atomic E-state index is 0.0838. The van der Waals surface area contributed by atoms with E-state index in [2.05, 4.69) is 6.07 Å². The van der Waals surface area contributed by atoms with Gasteiger partial charge < -0.3 is 0 Å². The summed E-state index contributed by atoms with van der Waals surface area (Å²) in [4.78, 5) is 31.3. The molecule has 0 amide bonds. The number of fused-ring (bicyclic) bond motifs is 1. The van der Waals surface area contributed by atoms with Gasteiger partial charge in [-0.15, -0.1) is 11.3 Å². The zero-order valence-corrected chi connectivity index (χ0v) is 19.4. The van der Waals surface area contributed by atoms with Crippen LogP contribution in [0.2, 0.25) is 5.02 Å². The summed E-state index contributed by atoms with van der Waals surface area (Å²) < 4.78 is 1.74. The number of aromatic nitrogens is 2. The van der Waals surface area contributed by atoms with Crippen LogP contribution in [0.4, 0.5) is 0 Å². The van der Waals surface area contributed by atoms with Crippen molar-refractivity contribution < 1.29 is 4.79 Å². The van der Waals surface area contributed by atoms with Crippen molar-refractivity contribution >= 4 is 28.7 Å². The molecule has 0 saturated carbocycles. The number of hydrogen-bond donors (Lipinski definition) is 0. The van der Waals surface area contributed by atoms with Crippen molar-refractivity contribution in [2.45, 2.75) is 33.1 Å². The fraction of sp³-hybridized carbons (Fsp3) is 0.192. The van der Waals surface area contributed by atoms with Gasteiger partial charge >= 0.3 is 0 Å². The van der Waals surface area contributed by atoms with Gasteiger partial charge in [0.1, 0.15) is 5.01 Å². The average molecular weight is 461 g/mol. The lowest BCUT2D eigenvalue weighted by Crippen LogP contribution is -2.29. The Balaban J connectivity index is 1.72. The second-order valence-electron chi connectivity index (χ2n) is 8.17. The van der Waals surface area contributed by atoms with Crippen molar-refractivity contribution in [3.05, 3.63) is 91.7 Å². The summed E-state index contributed by atoms with van der Waals surface area (Å²) in [5, 5.41) is 3.20. The van der Waals surface area contributed by atoms with Crippen LogP contribution < -0.4 is 5.56 Å². The molecule has 6 heteroatoms. The highest BCUT2D eigenvalue weighted by atomic mass is 35.5. The third-order valence-electron chi connectivity index (χ3n) is 5.89. The van der Waals surface area contributed by atoms with Gasteiger partial charge in [-0.2, -0.15) is 0 Å². The molecule has 2 aromatic carbocycles. The second-order valence-corrected chi connectivity index (χ2v) is 9.46. The molecule has 2 heterocycles. The van der Waals surface area contributed by atoms with Gasteiger partial charge in [-0.3, -0.25) is 14.2 Å². The van der Waals surface area contributed by atoms with Gasteiger partial charge in [-0.25, -0.2) is 4.98 Å². The first kappa shape index (κ1) is 20.9. The lowest BCUT2D eigenvalue weighted by molar-refractivity contribution is 0.0971. The lowest BCUT2D eigenvalue weighted by Gasteiger charge is -2.22. The molecule has 0 aliphatic heterocycles. The topological polar surface area (TPSA) is 52.0 Å². The maximum atomic E-state index is 13.8. The summed E-state index contributed by atoms with van der Waals surface area (Å²) in [6, 6.07) is 15.2. The molecule has 5 rings (SSSR count). The highest BCUT2D eigenvalue weighted by Crippen LogP contribution is 2.32.